The summed E-state index contributed by atoms with van der Waals surface area (Å²) in [4.78, 5) is 5.26. The predicted octanol–water partition coefficient (Wildman–Crippen LogP) is 11.5. The number of nitrogens with zero attached hydrogens (tertiary/aromatic N) is 3. The molecule has 2 aliphatic rings. The van der Waals surface area contributed by atoms with E-state index in [-0.39, 0.29) is 6.17 Å². The summed E-state index contributed by atoms with van der Waals surface area (Å²) >= 11 is 0. The van der Waals surface area contributed by atoms with Crippen LogP contribution in [0.5, 0.6) is 0 Å². The third-order valence-corrected chi connectivity index (χ3v) is 12.4. The van der Waals surface area contributed by atoms with Crippen LogP contribution in [0, 0.1) is 0 Å². The zero-order valence-electron chi connectivity index (χ0n) is 33.0. The highest BCUT2D eigenvalue weighted by molar-refractivity contribution is 6.09. The van der Waals surface area contributed by atoms with Crippen molar-refractivity contribution in [1.82, 2.24) is 4.57 Å². The summed E-state index contributed by atoms with van der Waals surface area (Å²) in [7, 11) is 2.32. The van der Waals surface area contributed by atoms with E-state index >= 15 is 0 Å². The first kappa shape index (κ1) is 34.9. The molecule has 2 aliphatic heterocycles. The number of anilines is 2. The van der Waals surface area contributed by atoms with Gasteiger partial charge in [-0.25, -0.2) is 0 Å². The van der Waals surface area contributed by atoms with E-state index in [1.54, 1.807) is 0 Å². The molecule has 0 bridgehead atoms. The second-order valence-electron chi connectivity index (χ2n) is 15.4. The molecular weight excluding hydrogens is 691 g/mol. The Balaban J connectivity index is 1.27. The van der Waals surface area contributed by atoms with E-state index in [0.29, 0.717) is 0 Å². The molecule has 7 aromatic carbocycles. The predicted molar refractivity (Wildman–Crippen MR) is 243 cm³/mol. The molecule has 0 spiro atoms. The molecule has 0 N–H and O–H groups in total. The topological polar surface area (TPSA) is 11.4 Å². The molecule has 57 heavy (non-hydrogen) atoms. The molecule has 0 radical (unpaired) electrons. The van der Waals surface area contributed by atoms with Crippen molar-refractivity contribution in [2.24, 2.45) is 0 Å². The number of aromatic nitrogens is 1. The number of para-hydroxylation sites is 3. The third kappa shape index (κ3) is 5.80. The molecule has 0 saturated heterocycles. The summed E-state index contributed by atoms with van der Waals surface area (Å²) in [5.74, 6) is 0. The van der Waals surface area contributed by atoms with Crippen LogP contribution >= 0.6 is 0 Å². The molecule has 8 aromatic rings. The average Bonchev–Trinajstić information content (AvgIpc) is 3.54. The van der Waals surface area contributed by atoms with Gasteiger partial charge in [0.25, 0.3) is 0 Å². The summed E-state index contributed by atoms with van der Waals surface area (Å²) in [5.41, 5.74) is 16.9. The molecule has 0 amide bonds. The van der Waals surface area contributed by atoms with E-state index in [1.165, 1.54) is 93.8 Å². The molecule has 0 saturated carbocycles. The van der Waals surface area contributed by atoms with Gasteiger partial charge in [-0.2, -0.15) is 0 Å². The minimum Gasteiger partial charge on any atom is -0.350 e. The first-order valence-corrected chi connectivity index (χ1v) is 20.5. The van der Waals surface area contributed by atoms with Gasteiger partial charge in [0.15, 0.2) is 0 Å². The number of allylic oxidation sites excluding steroid dienone is 1. The lowest BCUT2D eigenvalue weighted by molar-refractivity contribution is 0.720. The third-order valence-electron chi connectivity index (χ3n) is 12.4. The molecule has 3 heterocycles. The zero-order chi connectivity index (χ0) is 38.5. The van der Waals surface area contributed by atoms with Crippen molar-refractivity contribution in [2.75, 3.05) is 23.4 Å². The SMILES string of the molecule is CCC1=C(c2ccccc2-c2ccccc2)C(N2C/C=c3/cccc/c3=C(/CC)c3cc(-n4c5ccccc5c5ccccc54)ccc32)N(C)c2ccccc2C1. The van der Waals surface area contributed by atoms with Crippen molar-refractivity contribution in [1.29, 1.82) is 0 Å². The fraction of sp³-hybridized carbons (Fsp3) is 0.148. The van der Waals surface area contributed by atoms with Crippen molar-refractivity contribution >= 4 is 50.4 Å². The lowest BCUT2D eigenvalue weighted by Gasteiger charge is -2.43. The molecule has 1 atom stereocenters. The first-order chi connectivity index (χ1) is 28.1. The van der Waals surface area contributed by atoms with Gasteiger partial charge in [0.1, 0.15) is 6.17 Å². The number of fused-ring (bicyclic) bond motifs is 6. The van der Waals surface area contributed by atoms with Gasteiger partial charge in [0.05, 0.1) is 11.0 Å². The second-order valence-corrected chi connectivity index (χ2v) is 15.4. The lowest BCUT2D eigenvalue weighted by Crippen LogP contribution is -2.49. The number of likely N-dealkylation sites (N-methyl/N-ethyl adjacent to an activating group) is 1. The Hall–Kier alpha value is -6.58. The van der Waals surface area contributed by atoms with Gasteiger partial charge in [0, 0.05) is 52.6 Å². The lowest BCUT2D eigenvalue weighted by atomic mass is 9.86. The Bertz CT molecular complexity index is 2910. The zero-order valence-corrected chi connectivity index (χ0v) is 33.0. The maximum absolute atomic E-state index is 2.70. The van der Waals surface area contributed by atoms with Crippen LogP contribution in [0.4, 0.5) is 11.4 Å². The van der Waals surface area contributed by atoms with Crippen LogP contribution < -0.4 is 20.2 Å². The number of benzene rings is 7. The molecular formula is C54H47N3. The molecule has 1 unspecified atom stereocenters. The fourth-order valence-electron chi connectivity index (χ4n) is 9.79. The second kappa shape index (κ2) is 14.5. The van der Waals surface area contributed by atoms with Gasteiger partial charge in [0.2, 0.25) is 0 Å². The molecule has 10 rings (SSSR count). The summed E-state index contributed by atoms with van der Waals surface area (Å²) in [6, 6.07) is 63.0. The molecule has 1 aromatic heterocycles. The van der Waals surface area contributed by atoms with Gasteiger partial charge < -0.3 is 14.4 Å². The highest BCUT2D eigenvalue weighted by Crippen LogP contribution is 2.45. The molecule has 0 aliphatic carbocycles. The Morgan fingerprint density at radius 2 is 1.21 bits per heavy atom. The largest absolute Gasteiger partial charge is 0.350 e. The quantitative estimate of drug-likeness (QED) is 0.168. The minimum atomic E-state index is -0.0917. The smallest absolute Gasteiger partial charge is 0.129 e. The van der Waals surface area contributed by atoms with Crippen LogP contribution in [-0.2, 0) is 6.42 Å². The molecule has 278 valence electrons. The Kier molecular flexibility index (Phi) is 8.87. The monoisotopic (exact) mass is 737 g/mol. The normalized spacial score (nSPS) is 17.0. The van der Waals surface area contributed by atoms with Crippen molar-refractivity contribution in [3.05, 3.63) is 203 Å². The van der Waals surface area contributed by atoms with Crippen molar-refractivity contribution in [2.45, 2.75) is 39.3 Å². The summed E-state index contributed by atoms with van der Waals surface area (Å²) in [6.07, 6.45) is 5.16. The molecule has 3 heteroatoms. The van der Waals surface area contributed by atoms with Crippen LogP contribution in [0.2, 0.25) is 0 Å². The first-order valence-electron chi connectivity index (χ1n) is 20.5. The van der Waals surface area contributed by atoms with Gasteiger partial charge >= 0.3 is 0 Å². The number of rotatable bonds is 6. The Morgan fingerprint density at radius 1 is 0.561 bits per heavy atom. The van der Waals surface area contributed by atoms with Crippen molar-refractivity contribution in [3.63, 3.8) is 0 Å². The summed E-state index contributed by atoms with van der Waals surface area (Å²) in [5, 5.41) is 5.16. The van der Waals surface area contributed by atoms with E-state index in [1.807, 2.05) is 0 Å². The minimum absolute atomic E-state index is 0.0917. The molecule has 0 fully saturated rings. The van der Waals surface area contributed by atoms with Crippen LogP contribution in [0.1, 0.15) is 43.4 Å². The van der Waals surface area contributed by atoms with Gasteiger partial charge in [-0.3, -0.25) is 0 Å². The highest BCUT2D eigenvalue weighted by Gasteiger charge is 2.36. The summed E-state index contributed by atoms with van der Waals surface area (Å²) < 4.78 is 2.46. The van der Waals surface area contributed by atoms with E-state index in [2.05, 4.69) is 211 Å². The standard InChI is InChI=1S/C54H47N3/c1-4-37-35-40-22-10-16-28-49(40)55(3)54(53(37)47-27-13-12-24-44(47)38-19-7-6-8-20-38)56-34-33-39-21-9-11-23-43(39)42(5-2)48-36-41(31-32-50(48)56)57-51-29-17-14-25-45(51)46-26-15-18-30-52(46)57/h6-33,36,54H,4-5,34-35H2,1-3H3/b39-33-,43-42+. The highest BCUT2D eigenvalue weighted by atomic mass is 15.4. The van der Waals surface area contributed by atoms with Crippen LogP contribution in [0.25, 0.3) is 55.8 Å². The maximum Gasteiger partial charge on any atom is 0.129 e. The van der Waals surface area contributed by atoms with Gasteiger partial charge in [-0.15, -0.1) is 0 Å². The molecule has 3 nitrogen and oxygen atoms in total. The average molecular weight is 738 g/mol. The Morgan fingerprint density at radius 3 is 1.96 bits per heavy atom. The number of hydrogen-bond acceptors (Lipinski definition) is 2. The van der Waals surface area contributed by atoms with Gasteiger partial charge in [-0.05, 0) is 93.9 Å². The van der Waals surface area contributed by atoms with Gasteiger partial charge in [-0.1, -0.05) is 159 Å². The van der Waals surface area contributed by atoms with Crippen LogP contribution in [0.3, 0.4) is 0 Å². The Labute approximate surface area is 335 Å². The summed E-state index contributed by atoms with van der Waals surface area (Å²) in [6.45, 7) is 5.41. The van der Waals surface area contributed by atoms with E-state index in [9.17, 15) is 0 Å². The van der Waals surface area contributed by atoms with E-state index in [0.717, 1.165) is 25.8 Å². The maximum atomic E-state index is 2.70. The fourth-order valence-corrected chi connectivity index (χ4v) is 9.79. The van der Waals surface area contributed by atoms with Crippen LogP contribution in [0.15, 0.2) is 175 Å². The van der Waals surface area contributed by atoms with Crippen molar-refractivity contribution < 1.29 is 0 Å². The number of hydrogen-bond donors (Lipinski definition) is 0. The van der Waals surface area contributed by atoms with E-state index in [4.69, 9.17) is 0 Å². The van der Waals surface area contributed by atoms with E-state index < -0.39 is 0 Å². The van der Waals surface area contributed by atoms with Crippen molar-refractivity contribution in [3.8, 4) is 16.8 Å². The van der Waals surface area contributed by atoms with Crippen LogP contribution in [-0.4, -0.2) is 24.3 Å².